The standard InChI is InChI=1S/C45H59N7O17/c1-13-30(54)34(29-23-21-20-22-24-29)52(32(56)14-2)37(60)43(28-53,68-42(65)51(17-5)18-6)35(58)45(69-41(64)49(10)11,38(61)50(15-3)16-4)44(39(62)66-12,40(63)67-19-7)36(59)47-27-31(55)46-26-25-33(57)48(8)9/h1,14,20-24,28,34H,2,15-19,25-27H2,3-12H3,(H,46,55)(H,47,59). The second-order valence-corrected chi connectivity index (χ2v) is 14.7. The summed E-state index contributed by atoms with van der Waals surface area (Å²) >= 11 is 0. The summed E-state index contributed by atoms with van der Waals surface area (Å²) in [6.45, 7) is 5.64. The van der Waals surface area contributed by atoms with E-state index in [2.05, 4.69) is 11.9 Å². The number of ether oxygens (including phenoxy) is 4. The Hall–Kier alpha value is -7.97. The number of nitrogens with one attached hydrogen (secondary N) is 2. The maximum absolute atomic E-state index is 16.4. The quantitative estimate of drug-likeness (QED) is 0.0230. The number of aldehydes is 1. The van der Waals surface area contributed by atoms with Crippen molar-refractivity contribution in [2.24, 2.45) is 5.41 Å². The summed E-state index contributed by atoms with van der Waals surface area (Å²) < 4.78 is 21.2. The average molecular weight is 970 g/mol. The van der Waals surface area contributed by atoms with Gasteiger partial charge >= 0.3 is 29.7 Å². The van der Waals surface area contributed by atoms with Crippen LogP contribution in [0.1, 0.15) is 52.6 Å². The SMILES string of the molecule is C#CC(=O)C(c1ccccc1)N(C(=O)C=C)C(=O)C(C=O)(OC(=O)N(CC)CC)C(=O)C(OC(=O)N(C)C)(C(=O)N(CC)CC)C(C(=O)NCC(=O)NCCC(=O)N(C)C)(C(=O)OC)C(=O)OCC. The lowest BCUT2D eigenvalue weighted by Crippen LogP contribution is -2.80. The van der Waals surface area contributed by atoms with Crippen molar-refractivity contribution in [3.63, 3.8) is 0 Å². The fourth-order valence-corrected chi connectivity index (χ4v) is 6.56. The minimum absolute atomic E-state index is 0.137. The van der Waals surface area contributed by atoms with Gasteiger partial charge in [-0.3, -0.25) is 57.6 Å². The molecule has 376 valence electrons. The van der Waals surface area contributed by atoms with Crippen molar-refractivity contribution in [2.45, 2.75) is 58.3 Å². The highest BCUT2D eigenvalue weighted by molar-refractivity contribution is 6.39. The molecule has 0 aromatic heterocycles. The van der Waals surface area contributed by atoms with Gasteiger partial charge in [0.05, 0.1) is 20.3 Å². The molecular formula is C45H59N7O17. The zero-order chi connectivity index (χ0) is 53.0. The molecule has 0 saturated heterocycles. The molecule has 1 aromatic carbocycles. The highest BCUT2D eigenvalue weighted by atomic mass is 16.6. The van der Waals surface area contributed by atoms with Crippen LogP contribution in [0, 0.1) is 17.8 Å². The second-order valence-electron chi connectivity index (χ2n) is 14.7. The van der Waals surface area contributed by atoms with Crippen LogP contribution in [0.15, 0.2) is 43.0 Å². The molecule has 0 spiro atoms. The maximum Gasteiger partial charge on any atom is 0.411 e. The number of hydrogen-bond donors (Lipinski definition) is 2. The molecule has 0 heterocycles. The van der Waals surface area contributed by atoms with Gasteiger partial charge in [-0.1, -0.05) is 36.9 Å². The lowest BCUT2D eigenvalue weighted by molar-refractivity contribution is -0.208. The number of esters is 2. The first kappa shape index (κ1) is 59.0. The number of hydrogen-bond acceptors (Lipinski definition) is 17. The minimum Gasteiger partial charge on any atom is -0.468 e. The van der Waals surface area contributed by atoms with Gasteiger partial charge in [0.25, 0.3) is 34.6 Å². The summed E-state index contributed by atoms with van der Waals surface area (Å²) in [5.41, 5.74) is -13.9. The summed E-state index contributed by atoms with van der Waals surface area (Å²) in [4.78, 5) is 191. The first-order chi connectivity index (χ1) is 32.5. The van der Waals surface area contributed by atoms with E-state index in [0.717, 1.165) is 25.9 Å². The molecule has 0 radical (unpaired) electrons. The van der Waals surface area contributed by atoms with Gasteiger partial charge in [-0.15, -0.1) is 6.42 Å². The Bertz CT molecular complexity index is 2200. The number of carbonyl (C=O) groups excluding carboxylic acids is 13. The Morgan fingerprint density at radius 1 is 0.768 bits per heavy atom. The number of imide groups is 1. The van der Waals surface area contributed by atoms with Crippen molar-refractivity contribution in [1.82, 2.24) is 35.1 Å². The number of likely N-dealkylation sites (N-methyl/N-ethyl adjacent to an activating group) is 1. The summed E-state index contributed by atoms with van der Waals surface area (Å²) in [7, 11) is 5.31. The third kappa shape index (κ3) is 12.3. The Morgan fingerprint density at radius 3 is 1.78 bits per heavy atom. The molecule has 4 unspecified atom stereocenters. The molecular weight excluding hydrogens is 911 g/mol. The van der Waals surface area contributed by atoms with Crippen LogP contribution < -0.4 is 10.6 Å². The summed E-state index contributed by atoms with van der Waals surface area (Å²) in [5, 5.41) is 4.20. The van der Waals surface area contributed by atoms with Crippen LogP contribution in [-0.4, -0.2) is 194 Å². The van der Waals surface area contributed by atoms with Crippen LogP contribution in [0.25, 0.3) is 0 Å². The van der Waals surface area contributed by atoms with E-state index in [1.165, 1.54) is 77.0 Å². The van der Waals surface area contributed by atoms with Crippen LogP contribution in [0.4, 0.5) is 9.59 Å². The van der Waals surface area contributed by atoms with Crippen LogP contribution in [0.3, 0.4) is 0 Å². The number of nitrogens with zero attached hydrogens (tertiary/aromatic N) is 5. The van der Waals surface area contributed by atoms with Crippen molar-refractivity contribution in [1.29, 1.82) is 0 Å². The van der Waals surface area contributed by atoms with E-state index in [4.69, 9.17) is 25.4 Å². The lowest BCUT2D eigenvalue weighted by Gasteiger charge is -2.46. The zero-order valence-corrected chi connectivity index (χ0v) is 40.2. The predicted octanol–water partition coefficient (Wildman–Crippen LogP) is -0.805. The maximum atomic E-state index is 16.4. The fraction of sp³-hybridized carbons (Fsp3) is 0.489. The molecule has 0 aliphatic heterocycles. The average Bonchev–Trinajstić information content (AvgIpc) is 3.33. The van der Waals surface area contributed by atoms with Crippen molar-refractivity contribution < 1.29 is 81.3 Å². The van der Waals surface area contributed by atoms with Crippen molar-refractivity contribution >= 4 is 77.4 Å². The minimum atomic E-state index is -4.68. The molecule has 0 fully saturated rings. The van der Waals surface area contributed by atoms with Gasteiger partial charge < -0.3 is 49.2 Å². The van der Waals surface area contributed by atoms with E-state index < -0.39 is 126 Å². The Kier molecular flexibility index (Phi) is 22.6. The number of carbonyl (C=O) groups is 13. The summed E-state index contributed by atoms with van der Waals surface area (Å²) in [6, 6.07) is 4.14. The highest BCUT2D eigenvalue weighted by Crippen LogP contribution is 2.45. The third-order valence-corrected chi connectivity index (χ3v) is 10.3. The van der Waals surface area contributed by atoms with Gasteiger partial charge in [0, 0.05) is 67.3 Å². The highest BCUT2D eigenvalue weighted by Gasteiger charge is 2.83. The van der Waals surface area contributed by atoms with Crippen LogP contribution in [-0.2, 0) is 71.7 Å². The van der Waals surface area contributed by atoms with E-state index in [0.29, 0.717) is 23.0 Å². The number of terminal acetylenes is 1. The predicted molar refractivity (Wildman–Crippen MR) is 240 cm³/mol. The first-order valence-electron chi connectivity index (χ1n) is 21.2. The lowest BCUT2D eigenvalue weighted by atomic mass is 9.63. The Balaban J connectivity index is 5.10. The van der Waals surface area contributed by atoms with Gasteiger partial charge in [-0.2, -0.15) is 0 Å². The molecule has 69 heavy (non-hydrogen) atoms. The molecule has 0 bridgehead atoms. The molecule has 1 aromatic rings. The van der Waals surface area contributed by atoms with Crippen molar-refractivity contribution in [3.8, 4) is 12.3 Å². The van der Waals surface area contributed by atoms with Crippen molar-refractivity contribution in [2.75, 3.05) is 81.2 Å². The van der Waals surface area contributed by atoms with Gasteiger partial charge in [0.15, 0.2) is 6.29 Å². The molecule has 8 amide bonds. The van der Waals surface area contributed by atoms with E-state index in [-0.39, 0.29) is 36.5 Å². The van der Waals surface area contributed by atoms with Gasteiger partial charge in [0.2, 0.25) is 23.4 Å². The van der Waals surface area contributed by atoms with E-state index in [9.17, 15) is 43.2 Å². The number of ketones is 2. The molecule has 0 aliphatic rings. The monoisotopic (exact) mass is 969 g/mol. The first-order valence-corrected chi connectivity index (χ1v) is 21.2. The molecule has 0 aliphatic carbocycles. The van der Waals surface area contributed by atoms with Gasteiger partial charge in [-0.25, -0.2) is 9.59 Å². The van der Waals surface area contributed by atoms with Gasteiger partial charge in [0.1, 0.15) is 6.04 Å². The van der Waals surface area contributed by atoms with Crippen LogP contribution >= 0.6 is 0 Å². The second kappa shape index (κ2) is 26.4. The number of methoxy groups -OCH3 is 1. The number of rotatable bonds is 25. The van der Waals surface area contributed by atoms with Crippen molar-refractivity contribution in [3.05, 3.63) is 48.6 Å². The van der Waals surface area contributed by atoms with Crippen LogP contribution in [0.2, 0.25) is 0 Å². The molecule has 2 N–H and O–H groups in total. The Morgan fingerprint density at radius 2 is 1.33 bits per heavy atom. The third-order valence-electron chi connectivity index (χ3n) is 10.3. The van der Waals surface area contributed by atoms with E-state index in [1.807, 2.05) is 5.32 Å². The molecule has 0 saturated carbocycles. The molecule has 1 rings (SSSR count). The van der Waals surface area contributed by atoms with E-state index >= 15 is 19.2 Å². The molecule has 4 atom stereocenters. The van der Waals surface area contributed by atoms with Gasteiger partial charge in [-0.05, 0) is 52.2 Å². The normalized spacial score (nSPS) is 13.5. The molecule has 24 nitrogen and oxygen atoms in total. The van der Waals surface area contributed by atoms with Crippen LogP contribution in [0.5, 0.6) is 0 Å². The number of amides is 8. The van der Waals surface area contributed by atoms with E-state index in [1.54, 1.807) is 5.92 Å². The molecule has 24 heteroatoms. The Labute approximate surface area is 398 Å². The summed E-state index contributed by atoms with van der Waals surface area (Å²) in [6.07, 6.45) is 1.27. The summed E-state index contributed by atoms with van der Waals surface area (Å²) in [5.74, 6) is -16.7. The number of benzene rings is 1. The smallest absolute Gasteiger partial charge is 0.411 e. The topological polar surface area (TPSA) is 299 Å². The largest absolute Gasteiger partial charge is 0.468 e. The zero-order valence-electron chi connectivity index (χ0n) is 40.2. The number of Topliss-reactive ketones (excluding diaryl/α,β-unsaturated/α-hetero) is 2. The fourth-order valence-electron chi connectivity index (χ4n) is 6.56.